The van der Waals surface area contributed by atoms with Gasteiger partial charge in [0, 0.05) is 24.7 Å². The smallest absolute Gasteiger partial charge is 0.254 e. The van der Waals surface area contributed by atoms with Gasteiger partial charge in [0.15, 0.2) is 0 Å². The fraction of sp³-hybridized carbons (Fsp3) is 0.320. The van der Waals surface area contributed by atoms with E-state index in [9.17, 15) is 9.59 Å². The Morgan fingerprint density at radius 1 is 1.09 bits per heavy atom. The second-order valence-electron chi connectivity index (χ2n) is 8.26. The first-order valence-electron chi connectivity index (χ1n) is 11.0. The summed E-state index contributed by atoms with van der Waals surface area (Å²) in [5.74, 6) is 0.0781. The number of rotatable bonds is 7. The maximum atomic E-state index is 12.5. The highest BCUT2D eigenvalue weighted by atomic mass is 16.2. The largest absolute Gasteiger partial charge is 0.373 e. The summed E-state index contributed by atoms with van der Waals surface area (Å²) in [5.41, 5.74) is 10.1. The first kappa shape index (κ1) is 21.6. The molecular formula is C25H29N5O2. The second-order valence-corrected chi connectivity index (χ2v) is 8.26. The summed E-state index contributed by atoms with van der Waals surface area (Å²) in [7, 11) is 1.79. The van der Waals surface area contributed by atoms with Gasteiger partial charge in [0.2, 0.25) is 0 Å². The van der Waals surface area contributed by atoms with Crippen LogP contribution in [0.25, 0.3) is 11.3 Å². The van der Waals surface area contributed by atoms with Crippen molar-refractivity contribution in [1.29, 1.82) is 0 Å². The van der Waals surface area contributed by atoms with Crippen LogP contribution in [0.1, 0.15) is 63.6 Å². The van der Waals surface area contributed by atoms with E-state index in [2.05, 4.69) is 10.6 Å². The van der Waals surface area contributed by atoms with Gasteiger partial charge in [-0.05, 0) is 37.0 Å². The predicted molar refractivity (Wildman–Crippen MR) is 126 cm³/mol. The Morgan fingerprint density at radius 3 is 2.41 bits per heavy atom. The summed E-state index contributed by atoms with van der Waals surface area (Å²) < 4.78 is 1.93. The van der Waals surface area contributed by atoms with Gasteiger partial charge in [-0.25, -0.2) is 4.68 Å². The van der Waals surface area contributed by atoms with E-state index >= 15 is 0 Å². The number of carbonyl (C=O) groups excluding carboxylic acids is 2. The molecule has 7 nitrogen and oxygen atoms in total. The molecule has 3 aromatic rings. The third-order valence-electron chi connectivity index (χ3n) is 6.13. The highest BCUT2D eigenvalue weighted by Crippen LogP contribution is 2.36. The van der Waals surface area contributed by atoms with Gasteiger partial charge in [-0.15, -0.1) is 0 Å². The first-order chi connectivity index (χ1) is 15.5. The van der Waals surface area contributed by atoms with Crippen molar-refractivity contribution in [3.8, 4) is 11.3 Å². The molecule has 32 heavy (non-hydrogen) atoms. The van der Waals surface area contributed by atoms with E-state index in [1.165, 1.54) is 0 Å². The van der Waals surface area contributed by atoms with Crippen LogP contribution in [0.5, 0.6) is 0 Å². The monoisotopic (exact) mass is 431 g/mol. The zero-order valence-electron chi connectivity index (χ0n) is 18.5. The molecule has 0 spiro atoms. The van der Waals surface area contributed by atoms with Crippen molar-refractivity contribution in [2.45, 2.75) is 45.2 Å². The first-order valence-corrected chi connectivity index (χ1v) is 11.0. The second kappa shape index (κ2) is 9.26. The molecule has 2 amide bonds. The number of primary amides is 1. The molecule has 1 aliphatic rings. The molecule has 166 valence electrons. The van der Waals surface area contributed by atoms with Crippen LogP contribution in [0, 0.1) is 6.92 Å². The van der Waals surface area contributed by atoms with Crippen molar-refractivity contribution in [2.75, 3.05) is 12.4 Å². The van der Waals surface area contributed by atoms with E-state index in [1.807, 2.05) is 60.1 Å². The molecule has 0 unspecified atom stereocenters. The average Bonchev–Trinajstić information content (AvgIpc) is 3.45. The van der Waals surface area contributed by atoms with Crippen LogP contribution in [0.15, 0.2) is 48.5 Å². The van der Waals surface area contributed by atoms with Gasteiger partial charge in [-0.1, -0.05) is 55.3 Å². The maximum absolute atomic E-state index is 12.5. The minimum Gasteiger partial charge on any atom is -0.373 e. The van der Waals surface area contributed by atoms with Gasteiger partial charge in [-0.2, -0.15) is 5.10 Å². The molecule has 1 fully saturated rings. The molecule has 1 saturated carbocycles. The van der Waals surface area contributed by atoms with Crippen LogP contribution < -0.4 is 16.4 Å². The van der Waals surface area contributed by atoms with Crippen LogP contribution in [0.2, 0.25) is 0 Å². The van der Waals surface area contributed by atoms with E-state index in [4.69, 9.17) is 10.8 Å². The quantitative estimate of drug-likeness (QED) is 0.525. The van der Waals surface area contributed by atoms with Crippen molar-refractivity contribution in [1.82, 2.24) is 15.1 Å². The van der Waals surface area contributed by atoms with E-state index in [0.717, 1.165) is 42.4 Å². The summed E-state index contributed by atoms with van der Waals surface area (Å²) in [6.07, 6.45) is 4.43. The average molecular weight is 432 g/mol. The zero-order chi connectivity index (χ0) is 22.7. The lowest BCUT2D eigenvalue weighted by Crippen LogP contribution is -2.23. The zero-order valence-corrected chi connectivity index (χ0v) is 18.5. The minimum absolute atomic E-state index is 0.0999. The van der Waals surface area contributed by atoms with Gasteiger partial charge in [0.25, 0.3) is 11.8 Å². The molecule has 4 rings (SSSR count). The topological polar surface area (TPSA) is 102 Å². The fourth-order valence-corrected chi connectivity index (χ4v) is 4.41. The summed E-state index contributed by atoms with van der Waals surface area (Å²) >= 11 is 0. The lowest BCUT2D eigenvalue weighted by molar-refractivity contribution is 0.0949. The number of carbonyl (C=O) groups is 2. The Labute approximate surface area is 188 Å². The molecule has 1 aliphatic carbocycles. The Morgan fingerprint density at radius 2 is 1.78 bits per heavy atom. The van der Waals surface area contributed by atoms with E-state index in [1.54, 1.807) is 7.05 Å². The number of aromatic nitrogens is 2. The number of nitrogens with two attached hydrogens (primary N) is 1. The van der Waals surface area contributed by atoms with E-state index in [-0.39, 0.29) is 11.9 Å². The summed E-state index contributed by atoms with van der Waals surface area (Å²) in [4.78, 5) is 24.8. The van der Waals surface area contributed by atoms with Gasteiger partial charge in [0.05, 0.1) is 6.04 Å². The molecule has 0 saturated heterocycles. The van der Waals surface area contributed by atoms with Crippen molar-refractivity contribution >= 4 is 17.6 Å². The van der Waals surface area contributed by atoms with Crippen molar-refractivity contribution in [2.24, 2.45) is 5.73 Å². The summed E-state index contributed by atoms with van der Waals surface area (Å²) in [5, 5.41) is 10.9. The number of benzene rings is 2. The third kappa shape index (κ3) is 4.23. The van der Waals surface area contributed by atoms with Gasteiger partial charge >= 0.3 is 0 Å². The van der Waals surface area contributed by atoms with Gasteiger partial charge < -0.3 is 16.4 Å². The van der Waals surface area contributed by atoms with Crippen molar-refractivity contribution in [3.63, 3.8) is 0 Å². The van der Waals surface area contributed by atoms with Crippen LogP contribution in [0.4, 0.5) is 5.82 Å². The van der Waals surface area contributed by atoms with Crippen molar-refractivity contribution in [3.05, 3.63) is 70.8 Å². The molecule has 0 bridgehead atoms. The van der Waals surface area contributed by atoms with Crippen LogP contribution in [-0.4, -0.2) is 28.6 Å². The maximum Gasteiger partial charge on any atom is 0.254 e. The standard InChI is InChI=1S/C25H29N5O2/c1-16-7-3-6-10-20(16)25(32)28-15-17-11-13-18(14-12-17)22-21(23(26)31)24(27-2)30(29-22)19-8-4-5-9-19/h3,6-7,10-14,19,27H,4-5,8-9,15H2,1-2H3,(H2,26,31)(H,28,32). The molecule has 0 radical (unpaired) electrons. The molecule has 7 heteroatoms. The van der Waals surface area contributed by atoms with Crippen LogP contribution in [0.3, 0.4) is 0 Å². The number of anilines is 1. The number of nitrogens with one attached hydrogen (secondary N) is 2. The SMILES string of the molecule is CNc1c(C(N)=O)c(-c2ccc(CNC(=O)c3ccccc3C)cc2)nn1C1CCCC1. The number of nitrogens with zero attached hydrogens (tertiary/aromatic N) is 2. The minimum atomic E-state index is -0.497. The number of amides is 2. The Hall–Kier alpha value is -3.61. The Bertz CT molecular complexity index is 1130. The van der Waals surface area contributed by atoms with E-state index in [0.29, 0.717) is 29.2 Å². The molecule has 1 heterocycles. The van der Waals surface area contributed by atoms with Crippen LogP contribution >= 0.6 is 0 Å². The van der Waals surface area contributed by atoms with Crippen LogP contribution in [-0.2, 0) is 6.54 Å². The van der Waals surface area contributed by atoms with Gasteiger partial charge in [-0.3, -0.25) is 9.59 Å². The Kier molecular flexibility index (Phi) is 6.25. The predicted octanol–water partition coefficient (Wildman–Crippen LogP) is 4.04. The molecule has 4 N–H and O–H groups in total. The molecule has 0 aliphatic heterocycles. The highest BCUT2D eigenvalue weighted by Gasteiger charge is 2.28. The summed E-state index contributed by atoms with van der Waals surface area (Å²) in [6, 6.07) is 15.5. The third-order valence-corrected chi connectivity index (χ3v) is 6.13. The lowest BCUT2D eigenvalue weighted by Gasteiger charge is -2.13. The normalized spacial score (nSPS) is 13.8. The molecular weight excluding hydrogens is 402 g/mol. The lowest BCUT2D eigenvalue weighted by atomic mass is 10.0. The molecule has 2 aromatic carbocycles. The van der Waals surface area contributed by atoms with Crippen molar-refractivity contribution < 1.29 is 9.59 Å². The number of aryl methyl sites for hydroxylation is 1. The summed E-state index contributed by atoms with van der Waals surface area (Å²) in [6.45, 7) is 2.33. The Balaban J connectivity index is 1.55. The van der Waals surface area contributed by atoms with E-state index < -0.39 is 5.91 Å². The number of hydrogen-bond acceptors (Lipinski definition) is 4. The molecule has 1 aromatic heterocycles. The highest BCUT2D eigenvalue weighted by molar-refractivity contribution is 6.03. The fourth-order valence-electron chi connectivity index (χ4n) is 4.41. The number of hydrogen-bond donors (Lipinski definition) is 3. The molecule has 0 atom stereocenters. The van der Waals surface area contributed by atoms with Gasteiger partial charge in [0.1, 0.15) is 17.1 Å².